The van der Waals surface area contributed by atoms with E-state index in [1.165, 1.54) is 24.3 Å². The van der Waals surface area contributed by atoms with E-state index in [2.05, 4.69) is 4.98 Å². The third-order valence-corrected chi connectivity index (χ3v) is 7.75. The van der Waals surface area contributed by atoms with Gasteiger partial charge in [0.2, 0.25) is 10.0 Å². The summed E-state index contributed by atoms with van der Waals surface area (Å²) in [6, 6.07) is 9.63. The molecule has 1 saturated heterocycles. The van der Waals surface area contributed by atoms with Gasteiger partial charge in [-0.25, -0.2) is 8.42 Å². The summed E-state index contributed by atoms with van der Waals surface area (Å²) in [5.41, 5.74) is 1.18. The number of rotatable bonds is 9. The molecule has 0 aliphatic carbocycles. The molecular weight excluding hydrogens is 442 g/mol. The van der Waals surface area contributed by atoms with Crippen LogP contribution in [0.1, 0.15) is 55.5 Å². The van der Waals surface area contributed by atoms with Crippen molar-refractivity contribution in [3.05, 3.63) is 59.9 Å². The maximum atomic E-state index is 13.2. The zero-order valence-corrected chi connectivity index (χ0v) is 20.0. The van der Waals surface area contributed by atoms with Crippen molar-refractivity contribution in [1.29, 1.82) is 0 Å². The number of sulfonamides is 1. The molecule has 178 valence electrons. The van der Waals surface area contributed by atoms with Crippen molar-refractivity contribution < 1.29 is 22.7 Å². The Morgan fingerprint density at radius 3 is 2.58 bits per heavy atom. The molecule has 8 nitrogen and oxygen atoms in total. The second kappa shape index (κ2) is 11.4. The highest BCUT2D eigenvalue weighted by atomic mass is 32.2. The van der Waals surface area contributed by atoms with Gasteiger partial charge in [-0.05, 0) is 62.6 Å². The summed E-state index contributed by atoms with van der Waals surface area (Å²) in [5, 5.41) is 0. The van der Waals surface area contributed by atoms with Gasteiger partial charge in [-0.1, -0.05) is 12.5 Å². The Kier molecular flexibility index (Phi) is 8.57. The topological polar surface area (TPSA) is 96.9 Å². The average Bonchev–Trinajstić information content (AvgIpc) is 2.82. The van der Waals surface area contributed by atoms with E-state index in [9.17, 15) is 18.0 Å². The normalized spacial score (nSPS) is 16.8. The number of hydrogen-bond donors (Lipinski definition) is 0. The summed E-state index contributed by atoms with van der Waals surface area (Å²) in [4.78, 5) is 30.9. The van der Waals surface area contributed by atoms with Crippen LogP contribution < -0.4 is 0 Å². The molecule has 0 bridgehead atoms. The van der Waals surface area contributed by atoms with Gasteiger partial charge in [-0.15, -0.1) is 0 Å². The van der Waals surface area contributed by atoms with Crippen LogP contribution in [0.4, 0.5) is 0 Å². The van der Waals surface area contributed by atoms with Gasteiger partial charge in [0, 0.05) is 43.6 Å². The van der Waals surface area contributed by atoms with Crippen molar-refractivity contribution in [2.75, 3.05) is 19.7 Å². The third-order valence-electron chi connectivity index (χ3n) is 5.72. The monoisotopic (exact) mass is 473 g/mol. The number of carbonyl (C=O) groups excluding carboxylic acids is 2. The summed E-state index contributed by atoms with van der Waals surface area (Å²) >= 11 is 0. The number of nitrogens with zero attached hydrogens (tertiary/aromatic N) is 3. The van der Waals surface area contributed by atoms with Crippen molar-refractivity contribution in [3.63, 3.8) is 0 Å². The van der Waals surface area contributed by atoms with E-state index in [-0.39, 0.29) is 48.9 Å². The zero-order chi connectivity index (χ0) is 23.8. The number of aromatic nitrogens is 1. The first-order valence-corrected chi connectivity index (χ1v) is 12.7. The number of carbonyl (C=O) groups is 2. The van der Waals surface area contributed by atoms with Gasteiger partial charge in [0.05, 0.1) is 17.9 Å². The molecule has 1 aromatic heterocycles. The van der Waals surface area contributed by atoms with E-state index in [0.29, 0.717) is 12.1 Å². The van der Waals surface area contributed by atoms with Crippen LogP contribution in [0.3, 0.4) is 0 Å². The van der Waals surface area contributed by atoms with Crippen molar-refractivity contribution in [2.45, 2.75) is 57.0 Å². The smallest absolute Gasteiger partial charge is 0.307 e. The van der Waals surface area contributed by atoms with Crippen LogP contribution in [0.5, 0.6) is 0 Å². The van der Waals surface area contributed by atoms with Crippen LogP contribution in [0.15, 0.2) is 53.7 Å². The van der Waals surface area contributed by atoms with Gasteiger partial charge in [0.15, 0.2) is 0 Å². The zero-order valence-electron chi connectivity index (χ0n) is 19.1. The lowest BCUT2D eigenvalue weighted by atomic mass is 10.1. The molecule has 2 heterocycles. The van der Waals surface area contributed by atoms with E-state index < -0.39 is 10.0 Å². The SMILES string of the molecule is CCOC(=O)CCN(Cc1cccnc1)C(=O)c1ccc(S(=O)(=O)N2CCCCC2C)cc1. The van der Waals surface area contributed by atoms with Gasteiger partial charge in [0.1, 0.15) is 0 Å². The highest BCUT2D eigenvalue weighted by Gasteiger charge is 2.31. The van der Waals surface area contributed by atoms with E-state index in [4.69, 9.17) is 4.74 Å². The molecular formula is C24H31N3O5S. The number of hydrogen-bond acceptors (Lipinski definition) is 6. The first kappa shape index (κ1) is 24.9. The summed E-state index contributed by atoms with van der Waals surface area (Å²) < 4.78 is 32.7. The summed E-state index contributed by atoms with van der Waals surface area (Å²) in [5.74, 6) is -0.669. The lowest BCUT2D eigenvalue weighted by molar-refractivity contribution is -0.143. The minimum Gasteiger partial charge on any atom is -0.466 e. The Labute approximate surface area is 195 Å². The largest absolute Gasteiger partial charge is 0.466 e. The molecule has 33 heavy (non-hydrogen) atoms. The lowest BCUT2D eigenvalue weighted by Gasteiger charge is -2.32. The van der Waals surface area contributed by atoms with E-state index in [1.807, 2.05) is 13.0 Å². The van der Waals surface area contributed by atoms with Gasteiger partial charge in [-0.2, -0.15) is 4.31 Å². The molecule has 0 radical (unpaired) electrons. The molecule has 1 aliphatic rings. The van der Waals surface area contributed by atoms with Gasteiger partial charge >= 0.3 is 5.97 Å². The molecule has 2 aromatic rings. The molecule has 0 saturated carbocycles. The fourth-order valence-electron chi connectivity index (χ4n) is 3.94. The number of piperidine rings is 1. The first-order valence-electron chi connectivity index (χ1n) is 11.3. The summed E-state index contributed by atoms with van der Waals surface area (Å²) in [7, 11) is -3.61. The summed E-state index contributed by atoms with van der Waals surface area (Å²) in [6.07, 6.45) is 6.11. The van der Waals surface area contributed by atoms with Crippen molar-refractivity contribution in [3.8, 4) is 0 Å². The number of esters is 1. The quantitative estimate of drug-likeness (QED) is 0.519. The number of pyridine rings is 1. The molecule has 1 atom stereocenters. The fraction of sp³-hybridized carbons (Fsp3) is 0.458. The Morgan fingerprint density at radius 1 is 1.18 bits per heavy atom. The molecule has 9 heteroatoms. The van der Waals surface area contributed by atoms with Crippen LogP contribution in [0, 0.1) is 0 Å². The predicted octanol–water partition coefficient (Wildman–Crippen LogP) is 3.24. The maximum absolute atomic E-state index is 13.2. The molecule has 1 amide bonds. The minimum absolute atomic E-state index is 0.0390. The standard InChI is InChI=1S/C24H31N3O5S/c1-3-32-23(28)13-16-26(18-20-8-6-14-25-17-20)24(29)21-9-11-22(12-10-21)33(30,31)27-15-5-4-7-19(27)2/h6,8-12,14,17,19H,3-5,7,13,15-16,18H2,1-2H3. The van der Waals surface area contributed by atoms with Crippen molar-refractivity contribution >= 4 is 21.9 Å². The van der Waals surface area contributed by atoms with E-state index >= 15 is 0 Å². The Bertz CT molecular complexity index is 1040. The fourth-order valence-corrected chi connectivity index (χ4v) is 5.64. The molecule has 3 rings (SSSR count). The number of ether oxygens (including phenoxy) is 1. The minimum atomic E-state index is -3.61. The Balaban J connectivity index is 1.78. The average molecular weight is 474 g/mol. The van der Waals surface area contributed by atoms with Crippen LogP contribution >= 0.6 is 0 Å². The van der Waals surface area contributed by atoms with E-state index in [1.54, 1.807) is 34.6 Å². The molecule has 1 unspecified atom stereocenters. The second-order valence-corrected chi connectivity index (χ2v) is 10.0. The van der Waals surface area contributed by atoms with Crippen molar-refractivity contribution in [2.24, 2.45) is 0 Å². The van der Waals surface area contributed by atoms with Gasteiger partial charge in [-0.3, -0.25) is 14.6 Å². The Hall–Kier alpha value is -2.78. The van der Waals surface area contributed by atoms with Gasteiger partial charge < -0.3 is 9.64 Å². The number of amides is 1. The molecule has 1 fully saturated rings. The maximum Gasteiger partial charge on any atom is 0.307 e. The van der Waals surface area contributed by atoms with Crippen LogP contribution in [-0.2, 0) is 26.1 Å². The molecule has 0 N–H and O–H groups in total. The predicted molar refractivity (Wildman–Crippen MR) is 124 cm³/mol. The van der Waals surface area contributed by atoms with E-state index in [0.717, 1.165) is 24.8 Å². The van der Waals surface area contributed by atoms with Gasteiger partial charge in [0.25, 0.3) is 5.91 Å². The second-order valence-electron chi connectivity index (χ2n) is 8.13. The Morgan fingerprint density at radius 2 is 1.94 bits per heavy atom. The van der Waals surface area contributed by atoms with Crippen LogP contribution in [-0.4, -0.2) is 60.2 Å². The third kappa shape index (κ3) is 6.39. The lowest BCUT2D eigenvalue weighted by Crippen LogP contribution is -2.41. The first-order chi connectivity index (χ1) is 15.8. The molecule has 1 aliphatic heterocycles. The highest BCUT2D eigenvalue weighted by Crippen LogP contribution is 2.25. The van der Waals surface area contributed by atoms with Crippen LogP contribution in [0.25, 0.3) is 0 Å². The summed E-state index contributed by atoms with van der Waals surface area (Å²) in [6.45, 7) is 4.90. The molecule has 1 aromatic carbocycles. The number of benzene rings is 1. The highest BCUT2D eigenvalue weighted by molar-refractivity contribution is 7.89. The van der Waals surface area contributed by atoms with Crippen molar-refractivity contribution in [1.82, 2.24) is 14.2 Å². The van der Waals surface area contributed by atoms with Crippen LogP contribution in [0.2, 0.25) is 0 Å². The molecule has 0 spiro atoms.